The van der Waals surface area contributed by atoms with Gasteiger partial charge >= 0.3 is 18.5 Å². The zero-order chi connectivity index (χ0) is 16.8. The highest BCUT2D eigenvalue weighted by Crippen LogP contribution is 2.42. The van der Waals surface area contributed by atoms with Gasteiger partial charge in [-0.1, -0.05) is 0 Å². The molecule has 21 heavy (non-hydrogen) atoms. The van der Waals surface area contributed by atoms with Gasteiger partial charge in [0.05, 0.1) is 6.42 Å². The molecule has 0 radical (unpaired) electrons. The first-order valence-corrected chi connectivity index (χ1v) is 4.73. The molecule has 0 atom stereocenters. The number of hydrogen-bond acceptors (Lipinski definition) is 1. The van der Waals surface area contributed by atoms with Crippen LogP contribution in [0.5, 0.6) is 0 Å². The molecule has 0 fully saturated rings. The molecule has 1 aromatic heterocycles. The number of pyridine rings is 1. The lowest BCUT2D eigenvalue weighted by atomic mass is 10.0. The van der Waals surface area contributed by atoms with Gasteiger partial charge in [-0.25, -0.2) is 9.37 Å². The minimum Gasteiger partial charge on any atom is -0.212 e. The van der Waals surface area contributed by atoms with Crippen molar-refractivity contribution in [2.24, 2.45) is 0 Å². The monoisotopic (exact) mass is 333 g/mol. The Labute approximate surface area is 108 Å². The summed E-state index contributed by atoms with van der Waals surface area (Å²) in [6.45, 7) is 0. The van der Waals surface area contributed by atoms with Gasteiger partial charge in [-0.2, -0.15) is 43.9 Å². The Morgan fingerprint density at radius 3 is 1.57 bits per heavy atom. The first kappa shape index (κ1) is 17.4. The molecule has 12 heteroatoms. The Hall–Kier alpha value is -1.62. The molecule has 1 heterocycles. The van der Waals surface area contributed by atoms with Crippen molar-refractivity contribution in [2.75, 3.05) is 0 Å². The van der Waals surface area contributed by atoms with Crippen molar-refractivity contribution in [3.63, 3.8) is 0 Å². The van der Waals surface area contributed by atoms with Crippen LogP contribution in [-0.4, -0.2) is 11.2 Å². The van der Waals surface area contributed by atoms with E-state index in [4.69, 9.17) is 0 Å². The number of rotatable bonds is 1. The van der Waals surface area contributed by atoms with Crippen molar-refractivity contribution in [2.45, 2.75) is 24.9 Å². The van der Waals surface area contributed by atoms with Crippen LogP contribution in [0.3, 0.4) is 0 Å². The van der Waals surface area contributed by atoms with Crippen molar-refractivity contribution >= 4 is 0 Å². The minimum absolute atomic E-state index is 1.84. The van der Waals surface area contributed by atoms with Gasteiger partial charge in [0.15, 0.2) is 11.5 Å². The fraction of sp³-hybridized carbons (Fsp3) is 0.444. The van der Waals surface area contributed by atoms with Crippen LogP contribution in [0.25, 0.3) is 0 Å². The maximum absolute atomic E-state index is 13.0. The van der Waals surface area contributed by atoms with Crippen LogP contribution >= 0.6 is 0 Å². The number of aromatic nitrogens is 1. The maximum atomic E-state index is 13.0. The zero-order valence-corrected chi connectivity index (χ0v) is 9.31. The molecule has 0 saturated carbocycles. The Morgan fingerprint density at radius 2 is 1.24 bits per heavy atom. The molecule has 1 rings (SSSR count). The van der Waals surface area contributed by atoms with Crippen LogP contribution in [0.1, 0.15) is 16.8 Å². The highest BCUT2D eigenvalue weighted by molar-refractivity contribution is 5.36. The summed E-state index contributed by atoms with van der Waals surface area (Å²) in [6.07, 6.45) is -20.1. The van der Waals surface area contributed by atoms with E-state index in [1.54, 1.807) is 0 Å². The molecule has 0 amide bonds. The average Bonchev–Trinajstić information content (AvgIpc) is 2.17. The van der Waals surface area contributed by atoms with Crippen LogP contribution in [0.2, 0.25) is 0 Å². The minimum atomic E-state index is -5.96. The van der Waals surface area contributed by atoms with Gasteiger partial charge in [0, 0.05) is 5.56 Å². The number of nitrogens with zero attached hydrogens (tertiary/aromatic N) is 1. The van der Waals surface area contributed by atoms with Crippen molar-refractivity contribution in [1.29, 1.82) is 0 Å². The predicted molar refractivity (Wildman–Crippen MR) is 43.9 cm³/mol. The Balaban J connectivity index is 3.79. The normalized spacial score (nSPS) is 13.7. The molecule has 0 aliphatic carbocycles. The van der Waals surface area contributed by atoms with E-state index in [0.717, 1.165) is 0 Å². The summed E-state index contributed by atoms with van der Waals surface area (Å²) in [6, 6.07) is 0. The summed E-state index contributed by atoms with van der Waals surface area (Å²) < 4.78 is 137. The summed E-state index contributed by atoms with van der Waals surface area (Å²) >= 11 is 0. The van der Waals surface area contributed by atoms with E-state index in [2.05, 4.69) is 0 Å². The second-order valence-electron chi connectivity index (χ2n) is 3.71. The van der Waals surface area contributed by atoms with Gasteiger partial charge in [-0.3, -0.25) is 0 Å². The third kappa shape index (κ3) is 3.94. The van der Waals surface area contributed by atoms with Crippen LogP contribution < -0.4 is 0 Å². The van der Waals surface area contributed by atoms with Gasteiger partial charge in [0.25, 0.3) is 0 Å². The average molecular weight is 333 g/mol. The fourth-order valence-corrected chi connectivity index (χ4v) is 1.47. The number of alkyl halides is 9. The summed E-state index contributed by atoms with van der Waals surface area (Å²) in [5.41, 5.74) is -8.26. The van der Waals surface area contributed by atoms with Crippen LogP contribution in [0.4, 0.5) is 48.3 Å². The largest absolute Gasteiger partial charge is 0.433 e. The standard InChI is InChI=1S/C9H2F11N/c10-4-3(8(15,16)17)2(1-7(12,13)14)5(9(18,19)20)21-6(4)11/h1H2. The first-order valence-electron chi connectivity index (χ1n) is 4.73. The van der Waals surface area contributed by atoms with Crippen LogP contribution in [0.15, 0.2) is 0 Å². The highest BCUT2D eigenvalue weighted by atomic mass is 19.4. The Morgan fingerprint density at radius 1 is 0.762 bits per heavy atom. The smallest absolute Gasteiger partial charge is 0.212 e. The van der Waals surface area contributed by atoms with E-state index in [9.17, 15) is 48.3 Å². The summed E-state index contributed by atoms with van der Waals surface area (Å²) in [5.74, 6) is -5.71. The Bertz CT molecular complexity index is 537. The Kier molecular flexibility index (Phi) is 4.14. The molecule has 120 valence electrons. The van der Waals surface area contributed by atoms with Crippen molar-refractivity contribution in [3.8, 4) is 0 Å². The third-order valence-electron chi connectivity index (χ3n) is 2.13. The van der Waals surface area contributed by atoms with E-state index in [0.29, 0.717) is 0 Å². The quantitative estimate of drug-likeness (QED) is 0.545. The fourth-order valence-electron chi connectivity index (χ4n) is 1.47. The second kappa shape index (κ2) is 4.98. The van der Waals surface area contributed by atoms with E-state index in [1.165, 1.54) is 0 Å². The molecule has 0 unspecified atom stereocenters. The maximum Gasteiger partial charge on any atom is 0.433 e. The lowest BCUT2D eigenvalue weighted by molar-refractivity contribution is -0.155. The van der Waals surface area contributed by atoms with E-state index < -0.39 is 53.5 Å². The van der Waals surface area contributed by atoms with Gasteiger partial charge in [-0.15, -0.1) is 0 Å². The predicted octanol–water partition coefficient (Wildman–Crippen LogP) is 4.50. The van der Waals surface area contributed by atoms with Gasteiger partial charge in [0.1, 0.15) is 5.56 Å². The highest BCUT2D eigenvalue weighted by Gasteiger charge is 2.48. The van der Waals surface area contributed by atoms with Gasteiger partial charge < -0.3 is 0 Å². The van der Waals surface area contributed by atoms with E-state index in [1.807, 2.05) is 4.98 Å². The molecule has 0 aromatic carbocycles. The number of halogens is 11. The molecule has 1 nitrogen and oxygen atoms in total. The summed E-state index contributed by atoms with van der Waals surface area (Å²) in [7, 11) is 0. The molecular formula is C9H2F11N. The van der Waals surface area contributed by atoms with Crippen molar-refractivity contribution in [1.82, 2.24) is 4.98 Å². The second-order valence-corrected chi connectivity index (χ2v) is 3.71. The van der Waals surface area contributed by atoms with Crippen LogP contribution in [0, 0.1) is 11.8 Å². The molecular weight excluding hydrogens is 331 g/mol. The molecule has 0 saturated heterocycles. The SMILES string of the molecule is Fc1nc(C(F)(F)F)c(CC(F)(F)F)c(C(F)(F)F)c1F. The van der Waals surface area contributed by atoms with Crippen molar-refractivity contribution < 1.29 is 48.3 Å². The van der Waals surface area contributed by atoms with E-state index in [-0.39, 0.29) is 0 Å². The third-order valence-corrected chi connectivity index (χ3v) is 2.13. The lowest BCUT2D eigenvalue weighted by Gasteiger charge is -2.19. The van der Waals surface area contributed by atoms with Crippen molar-refractivity contribution in [3.05, 3.63) is 28.6 Å². The molecule has 0 aliphatic rings. The molecule has 0 bridgehead atoms. The summed E-state index contributed by atoms with van der Waals surface area (Å²) in [4.78, 5) is 1.84. The van der Waals surface area contributed by atoms with Gasteiger partial charge in [-0.05, 0) is 0 Å². The van der Waals surface area contributed by atoms with Gasteiger partial charge in [0.2, 0.25) is 5.95 Å². The topological polar surface area (TPSA) is 12.9 Å². The first-order chi connectivity index (χ1) is 9.14. The molecule has 0 spiro atoms. The molecule has 0 N–H and O–H groups in total. The molecule has 0 aliphatic heterocycles. The van der Waals surface area contributed by atoms with E-state index >= 15 is 0 Å². The number of hydrogen-bond donors (Lipinski definition) is 0. The summed E-state index contributed by atoms with van der Waals surface area (Å²) in [5, 5.41) is 0. The lowest BCUT2D eigenvalue weighted by Crippen LogP contribution is -2.26. The van der Waals surface area contributed by atoms with Crippen LogP contribution in [-0.2, 0) is 18.8 Å². The molecule has 1 aromatic rings. The zero-order valence-electron chi connectivity index (χ0n) is 9.31.